The van der Waals surface area contributed by atoms with E-state index < -0.39 is 0 Å². The summed E-state index contributed by atoms with van der Waals surface area (Å²) in [5, 5.41) is 0. The van der Waals surface area contributed by atoms with Crippen LogP contribution in [0.1, 0.15) is 5.56 Å². The molecule has 0 aliphatic heterocycles. The van der Waals surface area contributed by atoms with Gasteiger partial charge in [0, 0.05) is 22.0 Å². The van der Waals surface area contributed by atoms with E-state index in [0.29, 0.717) is 0 Å². The van der Waals surface area contributed by atoms with E-state index in [2.05, 4.69) is 79.9 Å². The van der Waals surface area contributed by atoms with Crippen molar-refractivity contribution in [3.8, 4) is 11.1 Å². The highest BCUT2D eigenvalue weighted by Gasteiger charge is 2.14. The van der Waals surface area contributed by atoms with Crippen LogP contribution >= 0.6 is 67.8 Å². The first-order valence-electron chi connectivity index (χ1n) is 5.21. The van der Waals surface area contributed by atoms with Crippen molar-refractivity contribution < 1.29 is 0 Å². The van der Waals surface area contributed by atoms with E-state index in [4.69, 9.17) is 11.5 Å². The third-order valence-corrected chi connectivity index (χ3v) is 5.64. The molecule has 0 heterocycles. The Labute approximate surface area is 147 Å². The molecular weight excluding hydrogens is 565 g/mol. The number of nitrogen functional groups attached to an aromatic ring is 2. The minimum atomic E-state index is 0.816. The van der Waals surface area contributed by atoms with E-state index >= 15 is 0 Å². The molecule has 2 aromatic carbocycles. The number of hydrogen-bond acceptors (Lipinski definition) is 2. The van der Waals surface area contributed by atoms with Crippen LogP contribution in [0.15, 0.2) is 24.3 Å². The zero-order chi connectivity index (χ0) is 13.4. The van der Waals surface area contributed by atoms with Gasteiger partial charge in [0.05, 0.1) is 5.69 Å². The average molecular weight is 576 g/mol. The molecule has 5 heteroatoms. The van der Waals surface area contributed by atoms with E-state index in [1.165, 1.54) is 9.13 Å². The van der Waals surface area contributed by atoms with Gasteiger partial charge in [-0.05, 0) is 98.0 Å². The molecule has 18 heavy (non-hydrogen) atoms. The molecule has 0 aliphatic carbocycles. The van der Waals surface area contributed by atoms with Crippen LogP contribution in [0.25, 0.3) is 11.1 Å². The zero-order valence-corrected chi connectivity index (χ0v) is 16.1. The molecular formula is C13H11I3N2. The third-order valence-electron chi connectivity index (χ3n) is 2.77. The number of halogens is 3. The predicted octanol–water partition coefficient (Wildman–Crippen LogP) is 4.64. The van der Waals surface area contributed by atoms with E-state index in [1.807, 2.05) is 19.1 Å². The highest BCUT2D eigenvalue weighted by Crippen LogP contribution is 2.37. The summed E-state index contributed by atoms with van der Waals surface area (Å²) in [5.74, 6) is 0. The number of benzene rings is 2. The third kappa shape index (κ3) is 2.72. The predicted molar refractivity (Wildman–Crippen MR) is 104 cm³/mol. The lowest BCUT2D eigenvalue weighted by atomic mass is 10.0. The molecule has 0 aromatic heterocycles. The molecule has 0 fully saturated rings. The zero-order valence-electron chi connectivity index (χ0n) is 9.60. The first-order valence-corrected chi connectivity index (χ1v) is 8.45. The molecule has 0 aliphatic rings. The van der Waals surface area contributed by atoms with Gasteiger partial charge in [-0.15, -0.1) is 0 Å². The number of rotatable bonds is 1. The summed E-state index contributed by atoms with van der Waals surface area (Å²) in [6.07, 6.45) is 0. The summed E-state index contributed by atoms with van der Waals surface area (Å²) >= 11 is 6.92. The van der Waals surface area contributed by atoms with E-state index in [1.54, 1.807) is 0 Å². The Morgan fingerprint density at radius 3 is 2.22 bits per heavy atom. The van der Waals surface area contributed by atoms with Crippen LogP contribution in [0, 0.1) is 17.6 Å². The lowest BCUT2D eigenvalue weighted by molar-refractivity contribution is 1.45. The monoisotopic (exact) mass is 576 g/mol. The standard InChI is InChI=1S/C13H11I3N2/c1-6-2-3-7(4-10(6)17)11-8(14)5-9(15)13(18)12(11)16/h2-5H,17-18H2,1H3. The second-order valence-electron chi connectivity index (χ2n) is 4.01. The van der Waals surface area contributed by atoms with Gasteiger partial charge < -0.3 is 11.5 Å². The summed E-state index contributed by atoms with van der Waals surface area (Å²) in [5.41, 5.74) is 17.1. The molecule has 0 unspecified atom stereocenters. The van der Waals surface area contributed by atoms with Crippen molar-refractivity contribution in [3.63, 3.8) is 0 Å². The van der Waals surface area contributed by atoms with Crippen molar-refractivity contribution in [2.45, 2.75) is 6.92 Å². The van der Waals surface area contributed by atoms with E-state index in [9.17, 15) is 0 Å². The van der Waals surface area contributed by atoms with Crippen LogP contribution in [0.5, 0.6) is 0 Å². The maximum Gasteiger partial charge on any atom is 0.0592 e. The molecule has 94 valence electrons. The van der Waals surface area contributed by atoms with Crippen LogP contribution < -0.4 is 11.5 Å². The fourth-order valence-corrected chi connectivity index (χ4v) is 5.66. The van der Waals surface area contributed by atoms with Crippen molar-refractivity contribution in [2.75, 3.05) is 11.5 Å². The van der Waals surface area contributed by atoms with Gasteiger partial charge in [-0.25, -0.2) is 0 Å². The van der Waals surface area contributed by atoms with Crippen molar-refractivity contribution in [1.82, 2.24) is 0 Å². The largest absolute Gasteiger partial charge is 0.398 e. The minimum absolute atomic E-state index is 0.816. The first kappa shape index (κ1) is 14.6. The Bertz CT molecular complexity index is 624. The fourth-order valence-electron chi connectivity index (χ4n) is 1.67. The molecule has 0 spiro atoms. The molecule has 0 saturated carbocycles. The molecule has 2 rings (SSSR count). The van der Waals surface area contributed by atoms with Gasteiger partial charge in [0.15, 0.2) is 0 Å². The van der Waals surface area contributed by atoms with Gasteiger partial charge in [-0.2, -0.15) is 0 Å². The fraction of sp³-hybridized carbons (Fsp3) is 0.0769. The van der Waals surface area contributed by atoms with Crippen LogP contribution in [0.2, 0.25) is 0 Å². The van der Waals surface area contributed by atoms with Crippen molar-refractivity contribution >= 4 is 79.1 Å². The Kier molecular flexibility index (Phi) is 4.63. The smallest absolute Gasteiger partial charge is 0.0592 e. The lowest BCUT2D eigenvalue weighted by Gasteiger charge is -2.13. The normalized spacial score (nSPS) is 10.7. The SMILES string of the molecule is Cc1ccc(-c2c(I)cc(I)c(N)c2I)cc1N. The maximum atomic E-state index is 6.11. The Morgan fingerprint density at radius 2 is 1.61 bits per heavy atom. The number of nitrogens with two attached hydrogens (primary N) is 2. The van der Waals surface area contributed by atoms with Gasteiger partial charge in [0.1, 0.15) is 0 Å². The van der Waals surface area contributed by atoms with Crippen molar-refractivity contribution in [1.29, 1.82) is 0 Å². The molecule has 2 aromatic rings. The molecule has 0 bridgehead atoms. The number of anilines is 2. The second-order valence-corrected chi connectivity index (χ2v) is 7.42. The van der Waals surface area contributed by atoms with Gasteiger partial charge in [0.25, 0.3) is 0 Å². The Hall–Kier alpha value is 0.230. The van der Waals surface area contributed by atoms with E-state index in [-0.39, 0.29) is 0 Å². The van der Waals surface area contributed by atoms with Gasteiger partial charge >= 0.3 is 0 Å². The van der Waals surface area contributed by atoms with Crippen molar-refractivity contribution in [3.05, 3.63) is 40.5 Å². The van der Waals surface area contributed by atoms with Crippen LogP contribution in [0.4, 0.5) is 11.4 Å². The second kappa shape index (κ2) is 5.70. The Balaban J connectivity index is 2.71. The summed E-state index contributed by atoms with van der Waals surface area (Å²) in [4.78, 5) is 0. The molecule has 4 N–H and O–H groups in total. The van der Waals surface area contributed by atoms with E-state index in [0.717, 1.165) is 29.6 Å². The first-order chi connectivity index (χ1) is 8.41. The summed E-state index contributed by atoms with van der Waals surface area (Å²) in [6.45, 7) is 2.01. The summed E-state index contributed by atoms with van der Waals surface area (Å²) < 4.78 is 3.37. The number of hydrogen-bond donors (Lipinski definition) is 2. The van der Waals surface area contributed by atoms with Crippen LogP contribution in [-0.4, -0.2) is 0 Å². The maximum absolute atomic E-state index is 6.11. The van der Waals surface area contributed by atoms with Crippen LogP contribution in [0.3, 0.4) is 0 Å². The highest BCUT2D eigenvalue weighted by molar-refractivity contribution is 14.1. The highest BCUT2D eigenvalue weighted by atomic mass is 127. The topological polar surface area (TPSA) is 52.0 Å². The van der Waals surface area contributed by atoms with Crippen molar-refractivity contribution in [2.24, 2.45) is 0 Å². The number of aryl methyl sites for hydroxylation is 1. The summed E-state index contributed by atoms with van der Waals surface area (Å²) in [7, 11) is 0. The molecule has 0 saturated heterocycles. The van der Waals surface area contributed by atoms with Crippen LogP contribution in [-0.2, 0) is 0 Å². The molecule has 0 atom stereocenters. The Morgan fingerprint density at radius 1 is 0.944 bits per heavy atom. The van der Waals surface area contributed by atoms with Gasteiger partial charge in [-0.1, -0.05) is 12.1 Å². The molecule has 0 amide bonds. The summed E-state index contributed by atoms with van der Waals surface area (Å²) in [6, 6.07) is 8.26. The van der Waals surface area contributed by atoms with Gasteiger partial charge in [0.2, 0.25) is 0 Å². The average Bonchev–Trinajstić information content (AvgIpc) is 2.31. The molecule has 2 nitrogen and oxygen atoms in total. The lowest BCUT2D eigenvalue weighted by Crippen LogP contribution is -1.99. The minimum Gasteiger partial charge on any atom is -0.398 e. The molecule has 0 radical (unpaired) electrons. The quantitative estimate of drug-likeness (QED) is 0.385. The van der Waals surface area contributed by atoms with Gasteiger partial charge in [-0.3, -0.25) is 0 Å².